The van der Waals surface area contributed by atoms with Gasteiger partial charge in [-0.15, -0.1) is 0 Å². The smallest absolute Gasteiger partial charge is 0.336 e. The van der Waals surface area contributed by atoms with Gasteiger partial charge < -0.3 is 10.4 Å². The van der Waals surface area contributed by atoms with Crippen molar-refractivity contribution in [3.8, 4) is 0 Å². The predicted octanol–water partition coefficient (Wildman–Crippen LogP) is 2.29. The van der Waals surface area contributed by atoms with Crippen LogP contribution in [0.4, 0.5) is 8.78 Å². The summed E-state index contributed by atoms with van der Waals surface area (Å²) >= 11 is 1.69. The maximum Gasteiger partial charge on any atom is 0.336 e. The van der Waals surface area contributed by atoms with Crippen LogP contribution in [0.1, 0.15) is 33.6 Å². The zero-order valence-electron chi connectivity index (χ0n) is 10.5. The molecule has 0 saturated carbocycles. The highest BCUT2D eigenvalue weighted by Gasteiger charge is 2.23. The summed E-state index contributed by atoms with van der Waals surface area (Å²) in [6.45, 7) is 0. The Balaban J connectivity index is 2.23. The molecule has 1 aromatic carbocycles. The van der Waals surface area contributed by atoms with E-state index in [1.165, 1.54) is 0 Å². The first-order valence-corrected chi connectivity index (χ1v) is 7.25. The Labute approximate surface area is 118 Å². The molecule has 1 aromatic rings. The summed E-state index contributed by atoms with van der Waals surface area (Å²) in [6.07, 6.45) is 1.75. The number of aromatic carboxylic acids is 1. The molecule has 0 aliphatic carbocycles. The SMILES string of the molecule is O=C(O)c1cc(F)c(F)cc1C(=O)NC1CCCSC1. The molecule has 0 bridgehead atoms. The van der Waals surface area contributed by atoms with E-state index < -0.39 is 29.1 Å². The van der Waals surface area contributed by atoms with E-state index in [-0.39, 0.29) is 11.6 Å². The zero-order chi connectivity index (χ0) is 14.7. The molecular formula is C13H13F2NO3S. The van der Waals surface area contributed by atoms with Crippen LogP contribution in [0, 0.1) is 11.6 Å². The lowest BCUT2D eigenvalue weighted by molar-refractivity contribution is 0.0689. The highest BCUT2D eigenvalue weighted by atomic mass is 32.2. The molecule has 1 amide bonds. The van der Waals surface area contributed by atoms with Crippen LogP contribution in [0.15, 0.2) is 12.1 Å². The van der Waals surface area contributed by atoms with Crippen molar-refractivity contribution in [3.63, 3.8) is 0 Å². The van der Waals surface area contributed by atoms with Gasteiger partial charge in [-0.3, -0.25) is 4.79 Å². The van der Waals surface area contributed by atoms with Crippen LogP contribution in [-0.2, 0) is 0 Å². The van der Waals surface area contributed by atoms with E-state index in [9.17, 15) is 18.4 Å². The average Bonchev–Trinajstić information content (AvgIpc) is 2.42. The number of carbonyl (C=O) groups excluding carboxylic acids is 1. The molecule has 20 heavy (non-hydrogen) atoms. The van der Waals surface area contributed by atoms with Gasteiger partial charge in [0.15, 0.2) is 11.6 Å². The summed E-state index contributed by atoms with van der Waals surface area (Å²) in [5.41, 5.74) is -0.892. The Morgan fingerprint density at radius 3 is 2.45 bits per heavy atom. The number of halogens is 2. The summed E-state index contributed by atoms with van der Waals surface area (Å²) in [6, 6.07) is 1.09. The molecule has 1 unspecified atom stereocenters. The molecule has 7 heteroatoms. The van der Waals surface area contributed by atoms with Gasteiger partial charge >= 0.3 is 5.97 Å². The first-order chi connectivity index (χ1) is 9.49. The number of rotatable bonds is 3. The van der Waals surface area contributed by atoms with E-state index in [1.54, 1.807) is 11.8 Å². The predicted molar refractivity (Wildman–Crippen MR) is 71.1 cm³/mol. The molecule has 1 aliphatic heterocycles. The second-order valence-corrected chi connectivity index (χ2v) is 5.65. The molecule has 1 heterocycles. The fourth-order valence-electron chi connectivity index (χ4n) is 2.03. The molecular weight excluding hydrogens is 288 g/mol. The van der Waals surface area contributed by atoms with Crippen molar-refractivity contribution in [3.05, 3.63) is 34.9 Å². The van der Waals surface area contributed by atoms with Gasteiger partial charge in [0.05, 0.1) is 11.1 Å². The average molecular weight is 301 g/mol. The summed E-state index contributed by atoms with van der Waals surface area (Å²) in [5.74, 6) is -2.92. The lowest BCUT2D eigenvalue weighted by atomic mass is 10.1. The second kappa shape index (κ2) is 6.21. The number of thioether (sulfide) groups is 1. The Morgan fingerprint density at radius 1 is 1.25 bits per heavy atom. The molecule has 1 atom stereocenters. The molecule has 1 fully saturated rings. The number of hydrogen-bond acceptors (Lipinski definition) is 3. The van der Waals surface area contributed by atoms with Gasteiger partial charge in [-0.1, -0.05) is 0 Å². The lowest BCUT2D eigenvalue weighted by Gasteiger charge is -2.22. The van der Waals surface area contributed by atoms with Gasteiger partial charge in [0, 0.05) is 11.8 Å². The number of carboxylic acids is 1. The van der Waals surface area contributed by atoms with Gasteiger partial charge in [0.1, 0.15) is 0 Å². The monoisotopic (exact) mass is 301 g/mol. The number of hydrogen-bond donors (Lipinski definition) is 2. The molecule has 4 nitrogen and oxygen atoms in total. The number of carboxylic acid groups (broad SMARTS) is 1. The number of carbonyl (C=O) groups is 2. The fourth-order valence-corrected chi connectivity index (χ4v) is 3.10. The van der Waals surface area contributed by atoms with Crippen LogP contribution in [0.3, 0.4) is 0 Å². The van der Waals surface area contributed by atoms with E-state index in [2.05, 4.69) is 5.32 Å². The van der Waals surface area contributed by atoms with E-state index in [0.717, 1.165) is 24.3 Å². The van der Waals surface area contributed by atoms with Gasteiger partial charge in [0.25, 0.3) is 5.91 Å². The topological polar surface area (TPSA) is 66.4 Å². The van der Waals surface area contributed by atoms with E-state index >= 15 is 0 Å². The fraction of sp³-hybridized carbons (Fsp3) is 0.385. The third-order valence-electron chi connectivity index (χ3n) is 3.03. The van der Waals surface area contributed by atoms with Crippen molar-refractivity contribution in [2.75, 3.05) is 11.5 Å². The molecule has 1 aliphatic rings. The molecule has 108 valence electrons. The first kappa shape index (κ1) is 14.8. The highest BCUT2D eigenvalue weighted by Crippen LogP contribution is 2.19. The Hall–Kier alpha value is -1.63. The molecule has 2 rings (SSSR count). The summed E-state index contributed by atoms with van der Waals surface area (Å²) in [7, 11) is 0. The van der Waals surface area contributed by atoms with E-state index in [0.29, 0.717) is 12.1 Å². The maximum absolute atomic E-state index is 13.2. The minimum absolute atomic E-state index is 0.0731. The molecule has 2 N–H and O–H groups in total. The van der Waals surface area contributed by atoms with Crippen LogP contribution >= 0.6 is 11.8 Å². The van der Waals surface area contributed by atoms with Crippen LogP contribution in [0.25, 0.3) is 0 Å². The van der Waals surface area contributed by atoms with Gasteiger partial charge in [-0.25, -0.2) is 13.6 Å². The van der Waals surface area contributed by atoms with E-state index in [1.807, 2.05) is 0 Å². The maximum atomic E-state index is 13.2. The van der Waals surface area contributed by atoms with Gasteiger partial charge in [-0.2, -0.15) is 11.8 Å². The van der Waals surface area contributed by atoms with Crippen molar-refractivity contribution in [1.29, 1.82) is 0 Å². The van der Waals surface area contributed by atoms with Crippen molar-refractivity contribution in [2.45, 2.75) is 18.9 Å². The standard InChI is InChI=1S/C13H13F2NO3S/c14-10-4-8(9(13(18)19)5-11(10)15)12(17)16-7-2-1-3-20-6-7/h4-5,7H,1-3,6H2,(H,16,17)(H,18,19). The normalized spacial score (nSPS) is 18.6. The number of amides is 1. The third kappa shape index (κ3) is 3.27. The van der Waals surface area contributed by atoms with Crippen LogP contribution < -0.4 is 5.32 Å². The van der Waals surface area contributed by atoms with Crippen molar-refractivity contribution in [2.24, 2.45) is 0 Å². The molecule has 0 spiro atoms. The van der Waals surface area contributed by atoms with Gasteiger partial charge in [-0.05, 0) is 30.7 Å². The van der Waals surface area contributed by atoms with Crippen LogP contribution in [-0.4, -0.2) is 34.5 Å². The summed E-state index contributed by atoms with van der Waals surface area (Å²) in [5, 5.41) is 11.6. The molecule has 1 saturated heterocycles. The first-order valence-electron chi connectivity index (χ1n) is 6.10. The summed E-state index contributed by atoms with van der Waals surface area (Å²) < 4.78 is 26.3. The van der Waals surface area contributed by atoms with Crippen molar-refractivity contribution < 1.29 is 23.5 Å². The van der Waals surface area contributed by atoms with Crippen molar-refractivity contribution in [1.82, 2.24) is 5.32 Å². The van der Waals surface area contributed by atoms with Crippen LogP contribution in [0.5, 0.6) is 0 Å². The minimum atomic E-state index is -1.47. The summed E-state index contributed by atoms with van der Waals surface area (Å²) in [4.78, 5) is 23.0. The van der Waals surface area contributed by atoms with Gasteiger partial charge in [0.2, 0.25) is 0 Å². The largest absolute Gasteiger partial charge is 0.478 e. The highest BCUT2D eigenvalue weighted by molar-refractivity contribution is 7.99. The second-order valence-electron chi connectivity index (χ2n) is 4.50. The zero-order valence-corrected chi connectivity index (χ0v) is 11.3. The van der Waals surface area contributed by atoms with E-state index in [4.69, 9.17) is 5.11 Å². The Bertz CT molecular complexity index is 545. The number of benzene rings is 1. The lowest BCUT2D eigenvalue weighted by Crippen LogP contribution is -2.39. The quantitative estimate of drug-likeness (QED) is 0.899. The Morgan fingerprint density at radius 2 is 1.90 bits per heavy atom. The number of nitrogens with one attached hydrogen (secondary N) is 1. The Kier molecular flexibility index (Phi) is 4.59. The minimum Gasteiger partial charge on any atom is -0.478 e. The molecule has 0 aromatic heterocycles. The van der Waals surface area contributed by atoms with Crippen LogP contribution in [0.2, 0.25) is 0 Å². The third-order valence-corrected chi connectivity index (χ3v) is 4.25. The van der Waals surface area contributed by atoms with Crippen molar-refractivity contribution >= 4 is 23.6 Å². The molecule has 0 radical (unpaired) electrons.